The maximum Gasteiger partial charge on any atom is 0.166 e. The lowest BCUT2D eigenvalue weighted by molar-refractivity contribution is 0.0374. The summed E-state index contributed by atoms with van der Waals surface area (Å²) in [5.41, 5.74) is 2.17. The molecular formula is C22H29ClN2O3. The van der Waals surface area contributed by atoms with Crippen LogP contribution in [0.25, 0.3) is 0 Å². The number of nitrogens with one attached hydrogen (secondary N) is 1. The normalized spacial score (nSPS) is 14.8. The second-order valence-electron chi connectivity index (χ2n) is 6.85. The third kappa shape index (κ3) is 6.38. The van der Waals surface area contributed by atoms with Crippen LogP contribution in [0, 0.1) is 0 Å². The Bertz CT molecular complexity index is 718. The minimum Gasteiger partial charge on any atom is -0.493 e. The van der Waals surface area contributed by atoms with Crippen molar-refractivity contribution in [2.24, 2.45) is 0 Å². The molecule has 1 fully saturated rings. The van der Waals surface area contributed by atoms with Gasteiger partial charge >= 0.3 is 0 Å². The summed E-state index contributed by atoms with van der Waals surface area (Å²) in [6.45, 7) is 7.08. The van der Waals surface area contributed by atoms with Crippen molar-refractivity contribution in [3.05, 3.63) is 58.6 Å². The first-order chi connectivity index (χ1) is 13.8. The van der Waals surface area contributed by atoms with Crippen LogP contribution in [-0.4, -0.2) is 51.4 Å². The van der Waals surface area contributed by atoms with E-state index in [0.717, 1.165) is 80.0 Å². The van der Waals surface area contributed by atoms with Crippen LogP contribution in [0.2, 0.25) is 5.02 Å². The summed E-state index contributed by atoms with van der Waals surface area (Å²) < 4.78 is 17.0. The lowest BCUT2D eigenvalue weighted by Gasteiger charge is -2.26. The number of ether oxygens (including phenoxy) is 3. The van der Waals surface area contributed by atoms with Gasteiger partial charge in [0.15, 0.2) is 11.5 Å². The van der Waals surface area contributed by atoms with Gasteiger partial charge in [-0.1, -0.05) is 35.9 Å². The predicted octanol–water partition coefficient (Wildman–Crippen LogP) is 3.74. The fourth-order valence-corrected chi connectivity index (χ4v) is 3.36. The van der Waals surface area contributed by atoms with Crippen LogP contribution in [0.15, 0.2) is 42.5 Å². The zero-order chi connectivity index (χ0) is 19.6. The van der Waals surface area contributed by atoms with E-state index in [1.807, 2.05) is 36.4 Å². The van der Waals surface area contributed by atoms with Crippen LogP contribution >= 0.6 is 11.6 Å². The van der Waals surface area contributed by atoms with Crippen molar-refractivity contribution in [3.8, 4) is 11.5 Å². The van der Waals surface area contributed by atoms with Crippen LogP contribution in [0.4, 0.5) is 0 Å². The molecule has 0 radical (unpaired) electrons. The van der Waals surface area contributed by atoms with Gasteiger partial charge in [0.25, 0.3) is 0 Å². The number of rotatable bonds is 10. The van der Waals surface area contributed by atoms with E-state index in [4.69, 9.17) is 25.8 Å². The van der Waals surface area contributed by atoms with Gasteiger partial charge in [0.05, 0.1) is 20.3 Å². The van der Waals surface area contributed by atoms with E-state index in [-0.39, 0.29) is 0 Å². The fourth-order valence-electron chi connectivity index (χ4n) is 3.24. The minimum absolute atomic E-state index is 0.474. The summed E-state index contributed by atoms with van der Waals surface area (Å²) in [7, 11) is 1.67. The third-order valence-electron chi connectivity index (χ3n) is 4.82. The van der Waals surface area contributed by atoms with Gasteiger partial charge < -0.3 is 19.5 Å². The van der Waals surface area contributed by atoms with Gasteiger partial charge in [-0.25, -0.2) is 0 Å². The molecule has 5 nitrogen and oxygen atoms in total. The molecule has 0 atom stereocenters. The van der Waals surface area contributed by atoms with E-state index in [2.05, 4.69) is 16.3 Å². The molecule has 0 bridgehead atoms. The Balaban J connectivity index is 1.50. The van der Waals surface area contributed by atoms with Gasteiger partial charge in [-0.15, -0.1) is 0 Å². The summed E-state index contributed by atoms with van der Waals surface area (Å²) in [6.07, 6.45) is 1.12. The number of para-hydroxylation sites is 1. The van der Waals surface area contributed by atoms with Gasteiger partial charge in [-0.2, -0.15) is 0 Å². The van der Waals surface area contributed by atoms with Crippen LogP contribution in [0.5, 0.6) is 11.5 Å². The van der Waals surface area contributed by atoms with E-state index in [9.17, 15) is 0 Å². The fraction of sp³-hybridized carbons (Fsp3) is 0.455. The zero-order valence-electron chi connectivity index (χ0n) is 16.5. The van der Waals surface area contributed by atoms with Gasteiger partial charge in [0.2, 0.25) is 0 Å². The van der Waals surface area contributed by atoms with Crippen molar-refractivity contribution < 1.29 is 14.2 Å². The molecule has 0 aliphatic carbocycles. The van der Waals surface area contributed by atoms with Gasteiger partial charge in [0.1, 0.15) is 6.61 Å². The minimum atomic E-state index is 0.474. The molecule has 28 heavy (non-hydrogen) atoms. The van der Waals surface area contributed by atoms with E-state index >= 15 is 0 Å². The van der Waals surface area contributed by atoms with Crippen LogP contribution in [-0.2, 0) is 17.9 Å². The second kappa shape index (κ2) is 11.3. The van der Waals surface area contributed by atoms with Crippen LogP contribution in [0.1, 0.15) is 17.5 Å². The Morgan fingerprint density at radius 1 is 1.11 bits per heavy atom. The molecule has 0 aromatic heterocycles. The lowest BCUT2D eigenvalue weighted by atomic mass is 10.1. The number of halogens is 1. The Morgan fingerprint density at radius 3 is 2.64 bits per heavy atom. The van der Waals surface area contributed by atoms with Crippen molar-refractivity contribution in [3.63, 3.8) is 0 Å². The van der Waals surface area contributed by atoms with Crippen LogP contribution < -0.4 is 14.8 Å². The van der Waals surface area contributed by atoms with Crippen molar-refractivity contribution in [2.75, 3.05) is 46.5 Å². The Kier molecular flexibility index (Phi) is 8.42. The Labute approximate surface area is 172 Å². The summed E-state index contributed by atoms with van der Waals surface area (Å²) in [5, 5.41) is 4.25. The quantitative estimate of drug-likeness (QED) is 0.611. The smallest absolute Gasteiger partial charge is 0.166 e. The molecule has 6 heteroatoms. The number of methoxy groups -OCH3 is 1. The van der Waals surface area contributed by atoms with E-state index in [1.54, 1.807) is 7.11 Å². The highest BCUT2D eigenvalue weighted by molar-refractivity contribution is 6.30. The SMILES string of the molecule is COc1cccc(CNCCCN2CCOCC2)c1OCc1ccc(Cl)cc1. The first kappa shape index (κ1) is 20.9. The molecule has 0 saturated carbocycles. The summed E-state index contributed by atoms with van der Waals surface area (Å²) in [4.78, 5) is 2.46. The average Bonchev–Trinajstić information content (AvgIpc) is 2.74. The Hall–Kier alpha value is -1.79. The number of morpholine rings is 1. The van der Waals surface area contributed by atoms with Crippen molar-refractivity contribution in [2.45, 2.75) is 19.6 Å². The molecule has 1 heterocycles. The molecule has 1 saturated heterocycles. The number of benzene rings is 2. The van der Waals surface area contributed by atoms with Crippen LogP contribution in [0.3, 0.4) is 0 Å². The molecule has 0 spiro atoms. The second-order valence-corrected chi connectivity index (χ2v) is 7.28. The highest BCUT2D eigenvalue weighted by Crippen LogP contribution is 2.32. The van der Waals surface area contributed by atoms with Gasteiger partial charge in [-0.3, -0.25) is 4.90 Å². The maximum atomic E-state index is 6.11. The van der Waals surface area contributed by atoms with Gasteiger partial charge in [0, 0.05) is 30.2 Å². The van der Waals surface area contributed by atoms with Crippen molar-refractivity contribution in [1.82, 2.24) is 10.2 Å². The topological polar surface area (TPSA) is 43.0 Å². The van der Waals surface area contributed by atoms with Gasteiger partial charge in [-0.05, 0) is 43.3 Å². The monoisotopic (exact) mass is 404 g/mol. The van der Waals surface area contributed by atoms with E-state index in [0.29, 0.717) is 6.61 Å². The summed E-state index contributed by atoms with van der Waals surface area (Å²) in [6, 6.07) is 13.7. The molecular weight excluding hydrogens is 376 g/mol. The maximum absolute atomic E-state index is 6.11. The molecule has 1 aliphatic rings. The first-order valence-electron chi connectivity index (χ1n) is 9.80. The van der Waals surface area contributed by atoms with Crippen molar-refractivity contribution >= 4 is 11.6 Å². The molecule has 0 amide bonds. The van der Waals surface area contributed by atoms with E-state index < -0.39 is 0 Å². The average molecular weight is 405 g/mol. The number of hydrogen-bond donors (Lipinski definition) is 1. The molecule has 1 N–H and O–H groups in total. The molecule has 152 valence electrons. The van der Waals surface area contributed by atoms with E-state index in [1.165, 1.54) is 0 Å². The molecule has 3 rings (SSSR count). The molecule has 2 aromatic rings. The largest absolute Gasteiger partial charge is 0.493 e. The summed E-state index contributed by atoms with van der Waals surface area (Å²) >= 11 is 5.96. The standard InChI is InChI=1S/C22H29ClN2O3/c1-26-21-5-2-4-19(16-24-10-3-11-25-12-14-27-15-13-25)22(21)28-17-18-6-8-20(23)9-7-18/h2,4-9,24H,3,10-17H2,1H3. The Morgan fingerprint density at radius 2 is 1.89 bits per heavy atom. The molecule has 1 aliphatic heterocycles. The highest BCUT2D eigenvalue weighted by atomic mass is 35.5. The lowest BCUT2D eigenvalue weighted by Crippen LogP contribution is -2.37. The number of hydrogen-bond acceptors (Lipinski definition) is 5. The van der Waals surface area contributed by atoms with Crippen molar-refractivity contribution in [1.29, 1.82) is 0 Å². The third-order valence-corrected chi connectivity index (χ3v) is 5.08. The first-order valence-corrected chi connectivity index (χ1v) is 10.2. The predicted molar refractivity (Wildman–Crippen MR) is 112 cm³/mol. The number of nitrogens with zero attached hydrogens (tertiary/aromatic N) is 1. The zero-order valence-corrected chi connectivity index (χ0v) is 17.2. The summed E-state index contributed by atoms with van der Waals surface area (Å²) in [5.74, 6) is 1.54. The molecule has 2 aromatic carbocycles. The highest BCUT2D eigenvalue weighted by Gasteiger charge is 2.12. The molecule has 0 unspecified atom stereocenters.